The molecule has 0 spiro atoms. The molecule has 1 heteroatoms. The van der Waals surface area contributed by atoms with E-state index >= 15 is 0 Å². The quantitative estimate of drug-likeness (QED) is 0.139. The minimum Gasteiger partial charge on any atom is -0.311 e. The van der Waals surface area contributed by atoms with E-state index < -0.39 is 0 Å². The topological polar surface area (TPSA) is 3.24 Å². The molecular weight excluding hydrogens is 735 g/mol. The Balaban J connectivity index is 0.910. The van der Waals surface area contributed by atoms with Crippen molar-refractivity contribution < 1.29 is 0 Å². The highest BCUT2D eigenvalue weighted by molar-refractivity contribution is 6.13. The molecule has 286 valence electrons. The van der Waals surface area contributed by atoms with Crippen molar-refractivity contribution in [1.82, 2.24) is 0 Å². The van der Waals surface area contributed by atoms with Gasteiger partial charge < -0.3 is 4.90 Å². The van der Waals surface area contributed by atoms with Crippen LogP contribution in [0.1, 0.15) is 0 Å². The smallest absolute Gasteiger partial charge is 0.0462 e. The molecule has 0 aliphatic heterocycles. The summed E-state index contributed by atoms with van der Waals surface area (Å²) in [5, 5.41) is 7.63. The van der Waals surface area contributed by atoms with E-state index in [1.165, 1.54) is 88.0 Å². The largest absolute Gasteiger partial charge is 0.311 e. The molecule has 0 atom stereocenters. The summed E-state index contributed by atoms with van der Waals surface area (Å²) in [7, 11) is 0. The maximum absolute atomic E-state index is 2.35. The molecule has 0 unspecified atom stereocenters. The molecule has 11 aromatic rings. The second-order valence-electron chi connectivity index (χ2n) is 15.7. The van der Waals surface area contributed by atoms with Gasteiger partial charge in [-0.2, -0.15) is 0 Å². The Kier molecular flexibility index (Phi) is 9.26. The maximum Gasteiger partial charge on any atom is 0.0462 e. The molecule has 0 bridgehead atoms. The van der Waals surface area contributed by atoms with Crippen LogP contribution in [-0.4, -0.2) is 0 Å². The van der Waals surface area contributed by atoms with Gasteiger partial charge in [0.25, 0.3) is 0 Å². The van der Waals surface area contributed by atoms with Gasteiger partial charge in [0.05, 0.1) is 0 Å². The van der Waals surface area contributed by atoms with E-state index in [2.05, 4.69) is 254 Å². The first-order valence-corrected chi connectivity index (χ1v) is 21.0. The average molecular weight is 776 g/mol. The van der Waals surface area contributed by atoms with Crippen LogP contribution in [0.15, 0.2) is 249 Å². The van der Waals surface area contributed by atoms with E-state index in [0.29, 0.717) is 0 Å². The summed E-state index contributed by atoms with van der Waals surface area (Å²) in [6.07, 6.45) is 0. The molecule has 11 rings (SSSR count). The van der Waals surface area contributed by atoms with Crippen LogP contribution < -0.4 is 4.90 Å². The highest BCUT2D eigenvalue weighted by Gasteiger charge is 2.16. The van der Waals surface area contributed by atoms with Gasteiger partial charge in [0.1, 0.15) is 0 Å². The SMILES string of the molecule is c1ccc(-c2cc(-c3ccc(N(c4ccccc4)c4ccc(-c5ccc(-c6cc7ccccc7c7ccccc67)cc5)cc4)cc3)ccc2-c2cccc3ccccc23)cc1. The van der Waals surface area contributed by atoms with Gasteiger partial charge in [-0.1, -0.05) is 200 Å². The summed E-state index contributed by atoms with van der Waals surface area (Å²) in [6, 6.07) is 90.3. The fourth-order valence-corrected chi connectivity index (χ4v) is 9.04. The monoisotopic (exact) mass is 775 g/mol. The van der Waals surface area contributed by atoms with Crippen molar-refractivity contribution in [3.05, 3.63) is 249 Å². The molecule has 11 aromatic carbocycles. The van der Waals surface area contributed by atoms with Gasteiger partial charge >= 0.3 is 0 Å². The van der Waals surface area contributed by atoms with E-state index in [9.17, 15) is 0 Å². The molecule has 0 radical (unpaired) electrons. The Morgan fingerprint density at radius 1 is 0.197 bits per heavy atom. The highest BCUT2D eigenvalue weighted by Crippen LogP contribution is 2.41. The number of anilines is 3. The number of fused-ring (bicyclic) bond motifs is 4. The maximum atomic E-state index is 2.35. The van der Waals surface area contributed by atoms with Crippen LogP contribution >= 0.6 is 0 Å². The van der Waals surface area contributed by atoms with Crippen molar-refractivity contribution in [3.8, 4) is 55.6 Å². The Hall–Kier alpha value is -8.00. The zero-order valence-electron chi connectivity index (χ0n) is 33.6. The molecule has 0 saturated heterocycles. The van der Waals surface area contributed by atoms with Gasteiger partial charge in [-0.15, -0.1) is 0 Å². The lowest BCUT2D eigenvalue weighted by Gasteiger charge is -2.26. The first kappa shape index (κ1) is 36.1. The molecular formula is C60H41N. The fourth-order valence-electron chi connectivity index (χ4n) is 9.04. The molecule has 61 heavy (non-hydrogen) atoms. The summed E-state index contributed by atoms with van der Waals surface area (Å²) in [5.74, 6) is 0. The molecule has 1 nitrogen and oxygen atoms in total. The van der Waals surface area contributed by atoms with Crippen LogP contribution in [0.25, 0.3) is 88.0 Å². The van der Waals surface area contributed by atoms with Crippen molar-refractivity contribution in [2.45, 2.75) is 0 Å². The minimum absolute atomic E-state index is 1.10. The molecule has 0 aliphatic rings. The minimum atomic E-state index is 1.10. The van der Waals surface area contributed by atoms with Crippen LogP contribution in [0.4, 0.5) is 17.1 Å². The molecule has 0 heterocycles. The number of hydrogen-bond acceptors (Lipinski definition) is 1. The van der Waals surface area contributed by atoms with Gasteiger partial charge in [0.2, 0.25) is 0 Å². The zero-order chi connectivity index (χ0) is 40.5. The predicted octanol–water partition coefficient (Wildman–Crippen LogP) is 17.0. The second-order valence-corrected chi connectivity index (χ2v) is 15.7. The summed E-state index contributed by atoms with van der Waals surface area (Å²) in [4.78, 5) is 2.33. The normalized spacial score (nSPS) is 11.3. The highest BCUT2D eigenvalue weighted by atomic mass is 15.1. The third-order valence-corrected chi connectivity index (χ3v) is 12.1. The molecule has 0 aliphatic carbocycles. The Bertz CT molecular complexity index is 3310. The standard InChI is InChI=1S/C60H41N/c1-3-14-46(15-4-1)59-40-48(34-39-58(59)56-25-13-18-45-16-7-9-21-53(45)56)44-32-37-52(38-33-44)61(50-19-5-2-6-20-50)51-35-30-43(31-36-51)42-26-28-47(29-27-42)60-41-49-17-8-10-22-54(49)55-23-11-12-24-57(55)60/h1-41H. The lowest BCUT2D eigenvalue weighted by atomic mass is 9.89. The second kappa shape index (κ2) is 15.6. The lowest BCUT2D eigenvalue weighted by Crippen LogP contribution is -2.09. The van der Waals surface area contributed by atoms with Crippen molar-refractivity contribution in [3.63, 3.8) is 0 Å². The fraction of sp³-hybridized carbons (Fsp3) is 0. The van der Waals surface area contributed by atoms with E-state index in [1.807, 2.05) is 0 Å². The van der Waals surface area contributed by atoms with E-state index in [0.717, 1.165) is 17.1 Å². The third kappa shape index (κ3) is 6.83. The summed E-state index contributed by atoms with van der Waals surface area (Å²) < 4.78 is 0. The molecule has 0 amide bonds. The Labute approximate surface area is 357 Å². The predicted molar refractivity (Wildman–Crippen MR) is 261 cm³/mol. The van der Waals surface area contributed by atoms with Crippen LogP contribution in [0, 0.1) is 0 Å². The first-order valence-electron chi connectivity index (χ1n) is 21.0. The van der Waals surface area contributed by atoms with Crippen LogP contribution in [-0.2, 0) is 0 Å². The van der Waals surface area contributed by atoms with Gasteiger partial charge in [-0.3, -0.25) is 0 Å². The summed E-state index contributed by atoms with van der Waals surface area (Å²) >= 11 is 0. The van der Waals surface area contributed by atoms with E-state index in [-0.39, 0.29) is 0 Å². The molecule has 0 N–H and O–H groups in total. The number of benzene rings is 11. The zero-order valence-corrected chi connectivity index (χ0v) is 33.6. The van der Waals surface area contributed by atoms with Gasteiger partial charge in [0, 0.05) is 17.1 Å². The molecule has 0 saturated carbocycles. The van der Waals surface area contributed by atoms with Crippen LogP contribution in [0.3, 0.4) is 0 Å². The third-order valence-electron chi connectivity index (χ3n) is 12.1. The number of para-hydroxylation sites is 1. The van der Waals surface area contributed by atoms with Crippen LogP contribution in [0.2, 0.25) is 0 Å². The summed E-state index contributed by atoms with van der Waals surface area (Å²) in [6.45, 7) is 0. The van der Waals surface area contributed by atoms with Crippen LogP contribution in [0.5, 0.6) is 0 Å². The van der Waals surface area contributed by atoms with E-state index in [1.54, 1.807) is 0 Å². The Morgan fingerprint density at radius 2 is 0.656 bits per heavy atom. The van der Waals surface area contributed by atoms with Gasteiger partial charge in [0.15, 0.2) is 0 Å². The lowest BCUT2D eigenvalue weighted by molar-refractivity contribution is 1.28. The number of hydrogen-bond donors (Lipinski definition) is 0. The number of nitrogens with zero attached hydrogens (tertiary/aromatic N) is 1. The first-order chi connectivity index (χ1) is 30.2. The van der Waals surface area contributed by atoms with Crippen molar-refractivity contribution >= 4 is 49.4 Å². The van der Waals surface area contributed by atoms with Crippen molar-refractivity contribution in [1.29, 1.82) is 0 Å². The number of rotatable bonds is 8. The van der Waals surface area contributed by atoms with Gasteiger partial charge in [-0.25, -0.2) is 0 Å². The Morgan fingerprint density at radius 3 is 1.34 bits per heavy atom. The summed E-state index contributed by atoms with van der Waals surface area (Å²) in [5.41, 5.74) is 15.4. The van der Waals surface area contributed by atoms with Gasteiger partial charge in [-0.05, 0) is 136 Å². The molecule has 0 aromatic heterocycles. The van der Waals surface area contributed by atoms with Crippen molar-refractivity contribution in [2.75, 3.05) is 4.90 Å². The van der Waals surface area contributed by atoms with Crippen molar-refractivity contribution in [2.24, 2.45) is 0 Å². The molecule has 0 fully saturated rings. The van der Waals surface area contributed by atoms with E-state index in [4.69, 9.17) is 0 Å². The average Bonchev–Trinajstić information content (AvgIpc) is 3.34.